The zero-order valence-corrected chi connectivity index (χ0v) is 23.0. The summed E-state index contributed by atoms with van der Waals surface area (Å²) in [6.45, 7) is 10.1. The number of rotatable bonds is 7. The number of nitrogens with zero attached hydrogens (tertiary/aromatic N) is 5. The summed E-state index contributed by atoms with van der Waals surface area (Å²) >= 11 is 0. The maximum atomic E-state index is 13.7. The molecule has 9 nitrogen and oxygen atoms in total. The fraction of sp³-hybridized carbons (Fsp3) is 0.429. The van der Waals surface area contributed by atoms with Crippen molar-refractivity contribution >= 4 is 12.0 Å². The molecule has 1 saturated heterocycles. The quantitative estimate of drug-likeness (QED) is 0.427. The number of hydrogen-bond donors (Lipinski definition) is 1. The summed E-state index contributed by atoms with van der Waals surface area (Å²) in [7, 11) is 0. The fourth-order valence-corrected chi connectivity index (χ4v) is 4.34. The highest BCUT2D eigenvalue weighted by molar-refractivity contribution is 5.85. The first-order valence-corrected chi connectivity index (χ1v) is 12.9. The number of halogens is 3. The van der Waals surface area contributed by atoms with E-state index in [-0.39, 0.29) is 24.5 Å². The van der Waals surface area contributed by atoms with Gasteiger partial charge >= 0.3 is 6.09 Å². The van der Waals surface area contributed by atoms with Gasteiger partial charge in [-0.25, -0.2) is 22.9 Å². The van der Waals surface area contributed by atoms with Crippen LogP contribution >= 0.6 is 0 Å². The Morgan fingerprint density at radius 1 is 1.02 bits per heavy atom. The molecule has 0 aliphatic carbocycles. The number of amides is 1. The first-order valence-electron chi connectivity index (χ1n) is 12.9. The lowest BCUT2D eigenvalue weighted by molar-refractivity contribution is 0.0136. The minimum Gasteiger partial charge on any atom is -0.476 e. The summed E-state index contributed by atoms with van der Waals surface area (Å²) in [5.74, 6) is -0.399. The van der Waals surface area contributed by atoms with Crippen molar-refractivity contribution in [1.29, 1.82) is 0 Å². The van der Waals surface area contributed by atoms with Gasteiger partial charge in [0.1, 0.15) is 23.7 Å². The minimum absolute atomic E-state index is 0.0797. The predicted molar refractivity (Wildman–Crippen MR) is 145 cm³/mol. The molecule has 3 heterocycles. The van der Waals surface area contributed by atoms with Crippen LogP contribution in [0, 0.1) is 12.7 Å². The third-order valence-electron chi connectivity index (χ3n) is 6.17. The number of carbonyl (C=O) groups is 1. The van der Waals surface area contributed by atoms with E-state index in [1.807, 2.05) is 20.8 Å². The molecule has 1 amide bonds. The topological polar surface area (TPSA) is 107 Å². The zero-order chi connectivity index (χ0) is 29.0. The van der Waals surface area contributed by atoms with Crippen LogP contribution in [-0.2, 0) is 4.74 Å². The SMILES string of the molecule is Cc1cc(-c2c(OCCN3CCN(C(=O)OC(C)(C)C)CC3)nc(N)nc2-c2ccc(F)cc2)cc(C(F)F)n1. The maximum Gasteiger partial charge on any atom is 0.410 e. The van der Waals surface area contributed by atoms with Crippen molar-refractivity contribution in [3.05, 3.63) is 53.6 Å². The molecular weight excluding hydrogens is 525 g/mol. The summed E-state index contributed by atoms with van der Waals surface area (Å²) in [4.78, 5) is 28.7. The monoisotopic (exact) mass is 558 g/mol. The van der Waals surface area contributed by atoms with Crippen molar-refractivity contribution in [2.75, 3.05) is 45.1 Å². The van der Waals surface area contributed by atoms with Crippen molar-refractivity contribution in [2.24, 2.45) is 0 Å². The van der Waals surface area contributed by atoms with Crippen LogP contribution in [0.25, 0.3) is 22.4 Å². The van der Waals surface area contributed by atoms with E-state index in [1.165, 1.54) is 30.3 Å². The van der Waals surface area contributed by atoms with Gasteiger partial charge in [-0.05, 0) is 69.7 Å². The predicted octanol–water partition coefficient (Wildman–Crippen LogP) is 5.10. The molecule has 1 aliphatic rings. The van der Waals surface area contributed by atoms with Gasteiger partial charge in [0.05, 0.1) is 11.3 Å². The Labute approximate surface area is 231 Å². The summed E-state index contributed by atoms with van der Waals surface area (Å²) < 4.78 is 52.4. The highest BCUT2D eigenvalue weighted by atomic mass is 19.3. The lowest BCUT2D eigenvalue weighted by atomic mass is 9.99. The van der Waals surface area contributed by atoms with Crippen molar-refractivity contribution in [3.8, 4) is 28.3 Å². The molecular formula is C28H33F3N6O3. The number of benzene rings is 1. The summed E-state index contributed by atoms with van der Waals surface area (Å²) in [5.41, 5.74) is 7.00. The molecule has 4 rings (SSSR count). The van der Waals surface area contributed by atoms with Gasteiger partial charge in [-0.1, -0.05) is 0 Å². The van der Waals surface area contributed by atoms with Gasteiger partial charge < -0.3 is 20.1 Å². The van der Waals surface area contributed by atoms with E-state index in [9.17, 15) is 18.0 Å². The van der Waals surface area contributed by atoms with Gasteiger partial charge in [0.25, 0.3) is 6.43 Å². The van der Waals surface area contributed by atoms with Crippen LogP contribution < -0.4 is 10.5 Å². The minimum atomic E-state index is -2.79. The Hall–Kier alpha value is -3.93. The van der Waals surface area contributed by atoms with Gasteiger partial charge in [0.15, 0.2) is 0 Å². The van der Waals surface area contributed by atoms with Gasteiger partial charge in [-0.15, -0.1) is 0 Å². The van der Waals surface area contributed by atoms with Crippen molar-refractivity contribution in [2.45, 2.75) is 39.7 Å². The van der Waals surface area contributed by atoms with Gasteiger partial charge in [-0.3, -0.25) is 9.88 Å². The lowest BCUT2D eigenvalue weighted by Crippen LogP contribution is -2.50. The number of nitrogen functional groups attached to an aromatic ring is 1. The van der Waals surface area contributed by atoms with Crippen molar-refractivity contribution < 1.29 is 27.4 Å². The van der Waals surface area contributed by atoms with Crippen LogP contribution in [0.3, 0.4) is 0 Å². The van der Waals surface area contributed by atoms with E-state index >= 15 is 0 Å². The zero-order valence-electron chi connectivity index (χ0n) is 23.0. The van der Waals surface area contributed by atoms with Crippen LogP contribution in [0.15, 0.2) is 36.4 Å². The number of nitrogens with two attached hydrogens (primary N) is 1. The number of pyridine rings is 1. The second-order valence-corrected chi connectivity index (χ2v) is 10.5. The standard InChI is InChI=1S/C28H33F3N6O3/c1-17-15-19(16-21(33-17)24(30)31)22-23(18-5-7-20(29)8-6-18)34-26(32)35-25(22)39-14-13-36-9-11-37(12-10-36)27(38)40-28(2,3)4/h5-8,15-16,24H,9-14H2,1-4H3,(H2,32,34,35). The van der Waals surface area contributed by atoms with E-state index in [1.54, 1.807) is 17.9 Å². The fourth-order valence-electron chi connectivity index (χ4n) is 4.34. The number of anilines is 1. The molecule has 1 aliphatic heterocycles. The molecule has 214 valence electrons. The number of piperazine rings is 1. The van der Waals surface area contributed by atoms with Gasteiger partial charge in [0.2, 0.25) is 11.8 Å². The van der Waals surface area contributed by atoms with Crippen molar-refractivity contribution in [1.82, 2.24) is 24.8 Å². The van der Waals surface area contributed by atoms with Crippen LogP contribution in [0.5, 0.6) is 5.88 Å². The highest BCUT2D eigenvalue weighted by Gasteiger charge is 2.26. The Balaban J connectivity index is 1.56. The number of aromatic nitrogens is 3. The molecule has 0 atom stereocenters. The number of aryl methyl sites for hydroxylation is 1. The maximum absolute atomic E-state index is 13.7. The molecule has 1 fully saturated rings. The normalized spacial score (nSPS) is 14.4. The molecule has 40 heavy (non-hydrogen) atoms. The number of hydrogen-bond acceptors (Lipinski definition) is 8. The lowest BCUT2D eigenvalue weighted by Gasteiger charge is -2.35. The molecule has 2 N–H and O–H groups in total. The van der Waals surface area contributed by atoms with Crippen LogP contribution in [0.4, 0.5) is 23.9 Å². The first kappa shape index (κ1) is 29.1. The smallest absolute Gasteiger partial charge is 0.410 e. The molecule has 1 aromatic carbocycles. The van der Waals surface area contributed by atoms with Gasteiger partial charge in [-0.2, -0.15) is 4.98 Å². The third kappa shape index (κ3) is 7.38. The Kier molecular flexibility index (Phi) is 8.77. The molecule has 0 radical (unpaired) electrons. The van der Waals surface area contributed by atoms with E-state index < -0.39 is 23.5 Å². The molecule has 0 saturated carbocycles. The van der Waals surface area contributed by atoms with Gasteiger partial charge in [0, 0.05) is 44.0 Å². The second kappa shape index (κ2) is 12.1. The third-order valence-corrected chi connectivity index (χ3v) is 6.17. The molecule has 12 heteroatoms. The van der Waals surface area contributed by atoms with Crippen molar-refractivity contribution in [3.63, 3.8) is 0 Å². The Bertz CT molecular complexity index is 1340. The van der Waals surface area contributed by atoms with Crippen LogP contribution in [0.1, 0.15) is 38.6 Å². The molecule has 0 spiro atoms. The summed E-state index contributed by atoms with van der Waals surface area (Å²) in [6.07, 6.45) is -3.13. The average Bonchev–Trinajstić information content (AvgIpc) is 2.88. The number of ether oxygens (including phenoxy) is 2. The highest BCUT2D eigenvalue weighted by Crippen LogP contribution is 2.39. The second-order valence-electron chi connectivity index (χ2n) is 10.5. The molecule has 0 unspecified atom stereocenters. The largest absolute Gasteiger partial charge is 0.476 e. The molecule has 2 aromatic heterocycles. The van der Waals surface area contributed by atoms with E-state index in [2.05, 4.69) is 19.9 Å². The average molecular weight is 559 g/mol. The first-order chi connectivity index (χ1) is 18.9. The van der Waals surface area contributed by atoms with E-state index in [0.717, 1.165) is 0 Å². The summed E-state index contributed by atoms with van der Waals surface area (Å²) in [6, 6.07) is 8.50. The molecule has 3 aromatic rings. The van der Waals surface area contributed by atoms with E-state index in [0.29, 0.717) is 60.8 Å². The van der Waals surface area contributed by atoms with E-state index in [4.69, 9.17) is 15.2 Å². The number of carbonyl (C=O) groups excluding carboxylic acids is 1. The Morgan fingerprint density at radius 3 is 2.33 bits per heavy atom. The molecule has 0 bridgehead atoms. The summed E-state index contributed by atoms with van der Waals surface area (Å²) in [5, 5.41) is 0. The van der Waals surface area contributed by atoms with Crippen LogP contribution in [-0.4, -0.2) is 75.8 Å². The number of alkyl halides is 2. The van der Waals surface area contributed by atoms with Crippen LogP contribution in [0.2, 0.25) is 0 Å². The Morgan fingerprint density at radius 2 is 1.70 bits per heavy atom.